The van der Waals surface area contributed by atoms with Crippen molar-refractivity contribution in [3.05, 3.63) is 58.3 Å². The van der Waals surface area contributed by atoms with Gasteiger partial charge in [-0.25, -0.2) is 9.36 Å². The molecule has 0 N–H and O–H groups in total. The van der Waals surface area contributed by atoms with Crippen molar-refractivity contribution in [2.24, 2.45) is 0 Å². The number of benzene rings is 1. The Morgan fingerprint density at radius 1 is 1.02 bits per heavy atom. The molecule has 3 heterocycles. The Hall–Kier alpha value is -2.66. The van der Waals surface area contributed by atoms with Crippen LogP contribution in [0.3, 0.4) is 0 Å². The van der Waals surface area contributed by atoms with Crippen LogP contribution in [0.5, 0.6) is 5.75 Å². The maximum atomic E-state index is 15.8. The summed E-state index contributed by atoms with van der Waals surface area (Å²) in [5.41, 5.74) is 0.0334. The second kappa shape index (κ2) is 16.8. The van der Waals surface area contributed by atoms with Gasteiger partial charge < -0.3 is 14.0 Å². The number of hydrogen-bond donors (Lipinski definition) is 0. The maximum absolute atomic E-state index is 15.8. The van der Waals surface area contributed by atoms with E-state index in [1.807, 2.05) is 0 Å². The molecule has 0 spiro atoms. The predicted octanol–water partition coefficient (Wildman–Crippen LogP) is 7.82. The molecule has 45 heavy (non-hydrogen) atoms. The van der Waals surface area contributed by atoms with Crippen LogP contribution in [-0.2, 0) is 34.5 Å². The van der Waals surface area contributed by atoms with Crippen LogP contribution in [0.15, 0.2) is 41.3 Å². The smallest absolute Gasteiger partial charge is 0.453 e. The highest BCUT2D eigenvalue weighted by atomic mass is 31.2. The monoisotopic (exact) mass is 654 g/mol. The molecule has 1 aromatic heterocycles. The van der Waals surface area contributed by atoms with Gasteiger partial charge in [-0.2, -0.15) is 13.8 Å². The number of para-hydroxylation sites is 1. The Labute approximate surface area is 263 Å². The molecule has 2 aromatic rings. The predicted molar refractivity (Wildman–Crippen MR) is 163 cm³/mol. The van der Waals surface area contributed by atoms with E-state index in [0.717, 1.165) is 31.9 Å². The summed E-state index contributed by atoms with van der Waals surface area (Å²) in [6, 6.07) is 8.14. The van der Waals surface area contributed by atoms with Crippen LogP contribution in [-0.4, -0.2) is 40.3 Å². The normalized spacial score (nSPS) is 23.8. The zero-order chi connectivity index (χ0) is 32.3. The maximum Gasteiger partial charge on any atom is 0.530 e. The van der Waals surface area contributed by atoms with E-state index < -0.39 is 50.4 Å². The lowest BCUT2D eigenvalue weighted by Crippen LogP contribution is -2.44. The molecule has 1 saturated heterocycles. The van der Waals surface area contributed by atoms with Gasteiger partial charge in [0.25, 0.3) is 0 Å². The molecule has 0 bridgehead atoms. The summed E-state index contributed by atoms with van der Waals surface area (Å²) in [7, 11) is -4.20. The van der Waals surface area contributed by atoms with Gasteiger partial charge in [0, 0.05) is 23.9 Å². The molecule has 1 fully saturated rings. The number of esters is 1. The second-order valence-corrected chi connectivity index (χ2v) is 13.3. The number of hydrogen-bond acceptors (Lipinski definition) is 9. The zero-order valence-electron chi connectivity index (χ0n) is 26.2. The number of alkyl halides is 2. The van der Waals surface area contributed by atoms with Crippen molar-refractivity contribution in [1.29, 1.82) is 0 Å². The number of phosphoric acid groups is 1. The van der Waals surface area contributed by atoms with Crippen molar-refractivity contribution in [2.45, 2.75) is 128 Å². The summed E-state index contributed by atoms with van der Waals surface area (Å²) in [6.45, 7) is 2.98. The molecule has 4 rings (SSSR count). The van der Waals surface area contributed by atoms with Gasteiger partial charge in [-0.1, -0.05) is 95.8 Å². The number of ether oxygens (including phenoxy) is 2. The minimum Gasteiger partial charge on any atom is -0.453 e. The van der Waals surface area contributed by atoms with Crippen molar-refractivity contribution in [3.63, 3.8) is 0 Å². The number of halogens is 2. The minimum atomic E-state index is -4.20. The summed E-state index contributed by atoms with van der Waals surface area (Å²) < 4.78 is 72.3. The van der Waals surface area contributed by atoms with Crippen LogP contribution in [0.25, 0.3) is 0 Å². The molecule has 1 unspecified atom stereocenters. The van der Waals surface area contributed by atoms with Crippen LogP contribution >= 0.6 is 7.82 Å². The van der Waals surface area contributed by atoms with Gasteiger partial charge in [0.05, 0.1) is 13.2 Å². The van der Waals surface area contributed by atoms with Gasteiger partial charge in [0.2, 0.25) is 6.23 Å². The number of carbonyl (C=O) groups is 1. The molecule has 2 aliphatic rings. The summed E-state index contributed by atoms with van der Waals surface area (Å²) in [4.78, 5) is 28.9. The summed E-state index contributed by atoms with van der Waals surface area (Å²) in [5.74, 6) is -4.37. The first-order valence-corrected chi connectivity index (χ1v) is 17.5. The number of fused-ring (bicyclic) bond motifs is 1. The highest BCUT2D eigenvalue weighted by Gasteiger charge is 2.63. The number of unbranched alkanes of at least 4 members (excludes halogenated alkanes) is 11. The highest BCUT2D eigenvalue weighted by molar-refractivity contribution is 7.49. The molecule has 2 aliphatic heterocycles. The number of nitrogens with zero attached hydrogens (tertiary/aromatic N) is 2. The van der Waals surface area contributed by atoms with E-state index in [1.165, 1.54) is 51.0 Å². The van der Waals surface area contributed by atoms with Crippen LogP contribution in [0.4, 0.5) is 8.78 Å². The first-order valence-electron chi connectivity index (χ1n) is 16.1. The summed E-state index contributed by atoms with van der Waals surface area (Å²) in [5, 5.41) is 0. The van der Waals surface area contributed by atoms with Gasteiger partial charge in [0.15, 0.2) is 6.10 Å². The van der Waals surface area contributed by atoms with E-state index in [4.69, 9.17) is 23.0 Å². The fraction of sp³-hybridized carbons (Fsp3) is 0.656. The summed E-state index contributed by atoms with van der Waals surface area (Å²) >= 11 is 0. The lowest BCUT2D eigenvalue weighted by atomic mass is 10.0. The van der Waals surface area contributed by atoms with Gasteiger partial charge in [0.1, 0.15) is 11.9 Å². The van der Waals surface area contributed by atoms with E-state index in [9.17, 15) is 14.2 Å². The van der Waals surface area contributed by atoms with Crippen molar-refractivity contribution in [2.75, 3.05) is 6.61 Å². The van der Waals surface area contributed by atoms with Crippen LogP contribution in [0, 0.1) is 6.92 Å². The van der Waals surface area contributed by atoms with Crippen LogP contribution < -0.4 is 10.2 Å². The van der Waals surface area contributed by atoms with E-state index in [1.54, 1.807) is 31.2 Å². The molecule has 13 heteroatoms. The molecule has 0 radical (unpaired) electrons. The van der Waals surface area contributed by atoms with Crippen molar-refractivity contribution in [1.82, 2.24) is 9.55 Å². The molecular weight excluding hydrogens is 609 g/mol. The number of aryl methyl sites for hydroxylation is 1. The Morgan fingerprint density at radius 2 is 1.67 bits per heavy atom. The molecular formula is C32H45F2N2O8P. The second-order valence-electron chi connectivity index (χ2n) is 11.7. The largest absolute Gasteiger partial charge is 0.530 e. The lowest BCUT2D eigenvalue weighted by Gasteiger charge is -2.27. The number of phosphoric ester groups is 1. The molecule has 10 nitrogen and oxygen atoms in total. The SMILES string of the molecule is CCCCCCCCCCCCCCC(=O)O[C@@H]1[C@@H](COP2(=O)OCc3ccccc3O2)O[C@@H](n2ccc(C)nc2=O)C1(F)F. The molecule has 0 aliphatic carbocycles. The third-order valence-electron chi connectivity index (χ3n) is 8.02. The van der Waals surface area contributed by atoms with Crippen LogP contribution in [0.2, 0.25) is 0 Å². The van der Waals surface area contributed by atoms with Gasteiger partial charge >= 0.3 is 25.4 Å². The third kappa shape index (κ3) is 9.91. The Kier molecular flexibility index (Phi) is 13.1. The number of aromatic nitrogens is 2. The molecule has 4 atom stereocenters. The molecule has 0 saturated carbocycles. The van der Waals surface area contributed by atoms with Gasteiger partial charge in [-0.15, -0.1) is 0 Å². The fourth-order valence-electron chi connectivity index (χ4n) is 5.47. The number of rotatable bonds is 18. The molecule has 0 amide bonds. The number of carbonyl (C=O) groups excluding carboxylic acids is 1. The highest BCUT2D eigenvalue weighted by Crippen LogP contribution is 2.55. The van der Waals surface area contributed by atoms with Crippen LogP contribution in [0.1, 0.15) is 108 Å². The van der Waals surface area contributed by atoms with Crippen molar-refractivity contribution < 1.29 is 41.2 Å². The topological polar surface area (TPSA) is 115 Å². The first-order chi connectivity index (χ1) is 21.6. The Bertz CT molecular complexity index is 1360. The molecule has 1 aromatic carbocycles. The van der Waals surface area contributed by atoms with Gasteiger partial charge in [-0.3, -0.25) is 18.4 Å². The average molecular weight is 655 g/mol. The summed E-state index contributed by atoms with van der Waals surface area (Å²) in [6.07, 6.45) is 8.55. The lowest BCUT2D eigenvalue weighted by molar-refractivity contribution is -0.176. The Balaban J connectivity index is 1.31. The quantitative estimate of drug-likeness (QED) is 0.0901. The van der Waals surface area contributed by atoms with Crippen molar-refractivity contribution in [3.8, 4) is 5.75 Å². The van der Waals surface area contributed by atoms with Crippen molar-refractivity contribution >= 4 is 13.8 Å². The van der Waals surface area contributed by atoms with E-state index >= 15 is 8.78 Å². The Morgan fingerprint density at radius 3 is 2.33 bits per heavy atom. The first kappa shape index (κ1) is 35.2. The zero-order valence-corrected chi connectivity index (χ0v) is 27.1. The third-order valence-corrected chi connectivity index (χ3v) is 9.35. The average Bonchev–Trinajstić information content (AvgIpc) is 3.25. The van der Waals surface area contributed by atoms with E-state index in [2.05, 4.69) is 11.9 Å². The van der Waals surface area contributed by atoms with E-state index in [0.29, 0.717) is 22.2 Å². The van der Waals surface area contributed by atoms with Gasteiger partial charge in [-0.05, 0) is 25.5 Å². The minimum absolute atomic E-state index is 0.0458. The van der Waals surface area contributed by atoms with E-state index in [-0.39, 0.29) is 18.8 Å². The fourth-order valence-corrected chi connectivity index (χ4v) is 6.70. The molecule has 250 valence electrons. The standard InChI is InChI=1S/C32H45F2N2O8P/c1-3-4-5-6-7-8-9-10-11-12-13-14-19-28(37)43-29-27(23-41-45(39)40-22-25-17-15-16-18-26(25)44-45)42-30(32(29,33)34)36-21-20-24(2)35-31(36)38/h15-18,20-21,27,29-30H,3-14,19,22-23H2,1-2H3/t27-,29-,30-,45?/m1/s1.